The third kappa shape index (κ3) is 3.14. The molecule has 0 amide bonds. The van der Waals surface area contributed by atoms with E-state index in [0.717, 1.165) is 6.07 Å². The Morgan fingerprint density at radius 1 is 1.29 bits per heavy atom. The topological polar surface area (TPSA) is 158 Å². The van der Waals surface area contributed by atoms with Crippen LogP contribution in [0.15, 0.2) is 23.2 Å². The number of anilines is 3. The number of guanidine groups is 1. The van der Waals surface area contributed by atoms with E-state index in [1.807, 2.05) is 0 Å². The Bertz CT molecular complexity index is 1060. The van der Waals surface area contributed by atoms with Gasteiger partial charge < -0.3 is 21.5 Å². The maximum Gasteiger partial charge on any atom is 0.387 e. The lowest BCUT2D eigenvalue weighted by atomic mass is 9.94. The summed E-state index contributed by atoms with van der Waals surface area (Å²) in [7, 11) is 0. The number of pyridine rings is 1. The molecule has 1 aliphatic rings. The number of benzene rings is 1. The number of hydrogen-bond acceptors (Lipinski definition) is 9. The molecule has 0 radical (unpaired) electrons. The van der Waals surface area contributed by atoms with Crippen molar-refractivity contribution in [3.05, 3.63) is 40.7 Å². The average molecular weight is 388 g/mol. The minimum absolute atomic E-state index is 0.0336. The van der Waals surface area contributed by atoms with Crippen molar-refractivity contribution in [1.29, 1.82) is 10.5 Å². The molecule has 1 unspecified atom stereocenters. The summed E-state index contributed by atoms with van der Waals surface area (Å²) >= 11 is 0. The highest BCUT2D eigenvalue weighted by atomic mass is 19.3. The fraction of sp³-hybridized carbons (Fsp3) is 0.125. The number of rotatable bonds is 3. The molecule has 2 heterocycles. The van der Waals surface area contributed by atoms with Gasteiger partial charge in [-0.2, -0.15) is 19.3 Å². The number of nitriles is 2. The molecule has 142 valence electrons. The smallest absolute Gasteiger partial charge is 0.387 e. The fourth-order valence-electron chi connectivity index (χ4n) is 2.73. The summed E-state index contributed by atoms with van der Waals surface area (Å²) in [5.74, 6) is -2.05. The number of alkyl halides is 2. The monoisotopic (exact) mass is 388 g/mol. The van der Waals surface area contributed by atoms with Crippen molar-refractivity contribution in [2.75, 3.05) is 16.8 Å². The van der Waals surface area contributed by atoms with Crippen LogP contribution in [0.3, 0.4) is 0 Å². The standard InChI is InChI=1S/C16H11F3N8O/c17-10-6(2-1-3-8(10)28-15(18)19)12-9-11(22)7(4-20)13(23)26-14(9)27-16(25-12)24-5-21/h1-3,12,15H,(H6,22,23,24,25,26,27). The Hall–Kier alpha value is -4.19. The number of aromatic nitrogens is 1. The molecule has 0 spiro atoms. The lowest BCUT2D eigenvalue weighted by Crippen LogP contribution is -2.33. The van der Waals surface area contributed by atoms with Crippen LogP contribution < -0.4 is 26.8 Å². The minimum Gasteiger partial charge on any atom is -0.432 e. The summed E-state index contributed by atoms with van der Waals surface area (Å²) < 4.78 is 44.1. The van der Waals surface area contributed by atoms with Crippen LogP contribution in [0.4, 0.5) is 30.5 Å². The first kappa shape index (κ1) is 18.6. The van der Waals surface area contributed by atoms with Crippen molar-refractivity contribution in [3.63, 3.8) is 0 Å². The van der Waals surface area contributed by atoms with Gasteiger partial charge in [0.2, 0.25) is 5.96 Å². The van der Waals surface area contributed by atoms with Gasteiger partial charge in [-0.1, -0.05) is 12.1 Å². The van der Waals surface area contributed by atoms with Crippen LogP contribution in [0.2, 0.25) is 0 Å². The van der Waals surface area contributed by atoms with Crippen LogP contribution in [0, 0.1) is 28.6 Å². The lowest BCUT2D eigenvalue weighted by molar-refractivity contribution is -0.0522. The Balaban J connectivity index is 2.24. The summed E-state index contributed by atoms with van der Waals surface area (Å²) in [6, 6.07) is 4.18. The Labute approximate surface area is 156 Å². The van der Waals surface area contributed by atoms with E-state index in [2.05, 4.69) is 25.3 Å². The van der Waals surface area contributed by atoms with Crippen LogP contribution in [0.25, 0.3) is 0 Å². The summed E-state index contributed by atoms with van der Waals surface area (Å²) in [5, 5.41) is 23.0. The maximum atomic E-state index is 14.8. The minimum atomic E-state index is -3.24. The summed E-state index contributed by atoms with van der Waals surface area (Å²) in [6.07, 6.45) is 1.64. The molecular weight excluding hydrogens is 377 g/mol. The molecule has 3 rings (SSSR count). The normalized spacial score (nSPS) is 14.9. The van der Waals surface area contributed by atoms with E-state index in [1.165, 1.54) is 12.1 Å². The van der Waals surface area contributed by atoms with Crippen LogP contribution in [0.1, 0.15) is 22.7 Å². The third-order valence-corrected chi connectivity index (χ3v) is 3.86. The van der Waals surface area contributed by atoms with Gasteiger partial charge in [0.05, 0.1) is 5.69 Å². The predicted octanol–water partition coefficient (Wildman–Crippen LogP) is 1.80. The Morgan fingerprint density at radius 2 is 2.04 bits per heavy atom. The third-order valence-electron chi connectivity index (χ3n) is 3.86. The molecule has 6 N–H and O–H groups in total. The number of hydrogen-bond donors (Lipinski definition) is 4. The van der Waals surface area contributed by atoms with Gasteiger partial charge in [0.25, 0.3) is 0 Å². The highest BCUT2D eigenvalue weighted by molar-refractivity contribution is 5.98. The first-order valence-corrected chi connectivity index (χ1v) is 7.59. The lowest BCUT2D eigenvalue weighted by Gasteiger charge is -2.26. The van der Waals surface area contributed by atoms with Crippen molar-refractivity contribution in [2.45, 2.75) is 12.7 Å². The number of nitrogens with one attached hydrogen (secondary N) is 2. The second kappa shape index (κ2) is 7.20. The van der Waals surface area contributed by atoms with Crippen molar-refractivity contribution in [3.8, 4) is 18.0 Å². The van der Waals surface area contributed by atoms with E-state index in [0.29, 0.717) is 0 Å². The Kier molecular flexibility index (Phi) is 4.78. The van der Waals surface area contributed by atoms with Crippen LogP contribution in [-0.2, 0) is 0 Å². The number of fused-ring (bicyclic) bond motifs is 1. The highest BCUT2D eigenvalue weighted by Gasteiger charge is 2.32. The molecular formula is C16H11F3N8O. The second-order valence-electron chi connectivity index (χ2n) is 5.44. The molecule has 0 fully saturated rings. The van der Waals surface area contributed by atoms with Crippen molar-refractivity contribution >= 4 is 23.3 Å². The van der Waals surface area contributed by atoms with Gasteiger partial charge in [-0.15, -0.1) is 0 Å². The van der Waals surface area contributed by atoms with Gasteiger partial charge >= 0.3 is 6.61 Å². The van der Waals surface area contributed by atoms with Gasteiger partial charge in [0.15, 0.2) is 17.8 Å². The molecule has 0 saturated carbocycles. The number of nitrogens with two attached hydrogens (primary N) is 2. The summed E-state index contributed by atoms with van der Waals surface area (Å²) in [5.41, 5.74) is 11.4. The molecule has 0 bridgehead atoms. The van der Waals surface area contributed by atoms with Gasteiger partial charge in [0.1, 0.15) is 29.3 Å². The number of nitrogens with zero attached hydrogens (tertiary/aromatic N) is 4. The fourth-order valence-corrected chi connectivity index (χ4v) is 2.73. The van der Waals surface area contributed by atoms with Gasteiger partial charge in [0, 0.05) is 11.1 Å². The zero-order valence-electron chi connectivity index (χ0n) is 13.9. The van der Waals surface area contributed by atoms with Crippen LogP contribution in [-0.4, -0.2) is 17.6 Å². The number of nitrogen functional groups attached to an aromatic ring is 2. The van der Waals surface area contributed by atoms with Crippen molar-refractivity contribution < 1.29 is 17.9 Å². The molecule has 1 aromatic heterocycles. The molecule has 2 aromatic rings. The molecule has 1 aliphatic heterocycles. The summed E-state index contributed by atoms with van der Waals surface area (Å²) in [6.45, 7) is -3.24. The zero-order chi connectivity index (χ0) is 20.4. The summed E-state index contributed by atoms with van der Waals surface area (Å²) in [4.78, 5) is 8.16. The largest absolute Gasteiger partial charge is 0.432 e. The Morgan fingerprint density at radius 3 is 2.68 bits per heavy atom. The van der Waals surface area contributed by atoms with E-state index < -0.39 is 24.2 Å². The quantitative estimate of drug-likeness (QED) is 0.458. The number of aliphatic imine (C=N–C) groups is 1. The first-order valence-electron chi connectivity index (χ1n) is 7.59. The van der Waals surface area contributed by atoms with Gasteiger partial charge in [-0.3, -0.25) is 5.32 Å². The molecule has 28 heavy (non-hydrogen) atoms. The second-order valence-corrected chi connectivity index (χ2v) is 5.44. The maximum absolute atomic E-state index is 14.8. The highest BCUT2D eigenvalue weighted by Crippen LogP contribution is 2.42. The zero-order valence-corrected chi connectivity index (χ0v) is 13.9. The van der Waals surface area contributed by atoms with Crippen molar-refractivity contribution in [2.24, 2.45) is 4.99 Å². The molecule has 0 saturated heterocycles. The number of ether oxygens (including phenoxy) is 1. The average Bonchev–Trinajstić information content (AvgIpc) is 2.63. The molecule has 1 aromatic carbocycles. The van der Waals surface area contributed by atoms with Crippen LogP contribution in [0.5, 0.6) is 5.75 Å². The van der Waals surface area contributed by atoms with E-state index in [-0.39, 0.29) is 40.0 Å². The number of halogens is 3. The van der Waals surface area contributed by atoms with E-state index >= 15 is 0 Å². The molecule has 9 nitrogen and oxygen atoms in total. The van der Waals surface area contributed by atoms with Crippen molar-refractivity contribution in [1.82, 2.24) is 10.3 Å². The first-order chi connectivity index (χ1) is 13.4. The van der Waals surface area contributed by atoms with E-state index in [1.54, 1.807) is 12.3 Å². The SMILES string of the molecule is N#CNC1=NC(c2cccc(OC(F)F)c2F)c2c(nc(N)c(C#N)c2N)N1. The van der Waals surface area contributed by atoms with E-state index in [4.69, 9.17) is 16.7 Å². The predicted molar refractivity (Wildman–Crippen MR) is 92.5 cm³/mol. The van der Waals surface area contributed by atoms with Gasteiger partial charge in [-0.05, 0) is 6.07 Å². The molecule has 1 atom stereocenters. The molecule has 0 aliphatic carbocycles. The van der Waals surface area contributed by atoms with Gasteiger partial charge in [-0.25, -0.2) is 14.4 Å². The van der Waals surface area contributed by atoms with Crippen LogP contribution >= 0.6 is 0 Å². The van der Waals surface area contributed by atoms with E-state index in [9.17, 15) is 18.4 Å². The molecule has 12 heteroatoms.